The number of hydrogen-bond acceptors (Lipinski definition) is 6. The number of aliphatic hydroxyl groups excluding tert-OH is 1. The fraction of sp³-hybridized carbons (Fsp3) is 0.621. The van der Waals surface area contributed by atoms with E-state index in [1.807, 2.05) is 20.8 Å². The van der Waals surface area contributed by atoms with Crippen LogP contribution in [0.15, 0.2) is 36.9 Å². The Kier molecular flexibility index (Phi) is 8.26. The Morgan fingerprint density at radius 2 is 1.97 bits per heavy atom. The minimum Gasteiger partial charge on any atom is -0.466 e. The Morgan fingerprint density at radius 1 is 1.29 bits per heavy atom. The molecule has 2 amide bonds. The van der Waals surface area contributed by atoms with Crippen LogP contribution in [0.3, 0.4) is 0 Å². The topological polar surface area (TPSA) is 96.4 Å². The summed E-state index contributed by atoms with van der Waals surface area (Å²) in [6, 6.07) is 5.28. The van der Waals surface area contributed by atoms with Crippen LogP contribution in [0.25, 0.3) is 0 Å². The molecule has 3 fully saturated rings. The van der Waals surface area contributed by atoms with Gasteiger partial charge in [0.1, 0.15) is 17.6 Å². The number of carbonyl (C=O) groups is 3. The number of hydrogen-bond donors (Lipinski definition) is 1. The van der Waals surface area contributed by atoms with Gasteiger partial charge >= 0.3 is 5.97 Å². The summed E-state index contributed by atoms with van der Waals surface area (Å²) in [5.41, 5.74) is -1.46. The molecule has 9 heteroatoms. The van der Waals surface area contributed by atoms with Gasteiger partial charge in [0, 0.05) is 17.3 Å². The molecule has 208 valence electrons. The highest BCUT2D eigenvalue weighted by Gasteiger charge is 2.79. The Hall–Kier alpha value is -2.42. The first-order valence-electron chi connectivity index (χ1n) is 13.6. The largest absolute Gasteiger partial charge is 0.466 e. The molecule has 0 radical (unpaired) electrons. The molecule has 0 saturated carbocycles. The molecule has 3 aliphatic rings. The van der Waals surface area contributed by atoms with Gasteiger partial charge in [-0.25, -0.2) is 0 Å². The highest BCUT2D eigenvalue weighted by molar-refractivity contribution is 6.30. The number of rotatable bonds is 11. The first-order valence-corrected chi connectivity index (χ1v) is 14.0. The molecule has 38 heavy (non-hydrogen) atoms. The van der Waals surface area contributed by atoms with Crippen molar-refractivity contribution in [2.75, 3.05) is 24.7 Å². The summed E-state index contributed by atoms with van der Waals surface area (Å²) in [7, 11) is 0. The lowest BCUT2D eigenvalue weighted by Gasteiger charge is -2.41. The Bertz CT molecular complexity index is 1080. The third kappa shape index (κ3) is 4.25. The second-order valence-corrected chi connectivity index (χ2v) is 11.1. The number of anilines is 1. The molecule has 1 N–H and O–H groups in total. The molecule has 2 unspecified atom stereocenters. The van der Waals surface area contributed by atoms with Gasteiger partial charge in [-0.05, 0) is 56.4 Å². The van der Waals surface area contributed by atoms with E-state index in [2.05, 4.69) is 6.58 Å². The number of fused-ring (bicyclic) bond motifs is 1. The number of likely N-dealkylation sites (tertiary alicyclic amines) is 1. The summed E-state index contributed by atoms with van der Waals surface area (Å²) in [5, 5.41) is 11.0. The smallest absolute Gasteiger partial charge is 0.312 e. The van der Waals surface area contributed by atoms with Crippen molar-refractivity contribution in [2.45, 2.75) is 76.7 Å². The van der Waals surface area contributed by atoms with Crippen LogP contribution < -0.4 is 4.90 Å². The summed E-state index contributed by atoms with van der Waals surface area (Å²) in [4.78, 5) is 45.4. The summed E-state index contributed by atoms with van der Waals surface area (Å²) in [6.07, 6.45) is 3.85. The molecule has 3 heterocycles. The fourth-order valence-electron chi connectivity index (χ4n) is 6.92. The maximum Gasteiger partial charge on any atom is 0.312 e. The lowest BCUT2D eigenvalue weighted by Crippen LogP contribution is -2.60. The van der Waals surface area contributed by atoms with Crippen molar-refractivity contribution in [3.63, 3.8) is 0 Å². The average molecular weight is 547 g/mol. The second kappa shape index (κ2) is 11.0. The van der Waals surface area contributed by atoms with Crippen molar-refractivity contribution in [1.82, 2.24) is 4.90 Å². The van der Waals surface area contributed by atoms with E-state index in [1.165, 1.54) is 4.90 Å². The van der Waals surface area contributed by atoms with Gasteiger partial charge in [0.25, 0.3) is 5.91 Å². The molecule has 1 spiro atoms. The van der Waals surface area contributed by atoms with E-state index >= 15 is 0 Å². The van der Waals surface area contributed by atoms with Gasteiger partial charge in [-0.1, -0.05) is 44.9 Å². The molecular weight excluding hydrogens is 508 g/mol. The molecule has 0 aliphatic carbocycles. The van der Waals surface area contributed by atoms with E-state index in [0.29, 0.717) is 36.4 Å². The molecule has 7 atom stereocenters. The van der Waals surface area contributed by atoms with Gasteiger partial charge in [0.2, 0.25) is 5.91 Å². The normalized spacial score (nSPS) is 31.2. The summed E-state index contributed by atoms with van der Waals surface area (Å²) >= 11 is 6.11. The highest BCUT2D eigenvalue weighted by Crippen LogP contribution is 2.65. The van der Waals surface area contributed by atoms with Crippen LogP contribution in [0, 0.1) is 17.8 Å². The van der Waals surface area contributed by atoms with Crippen LogP contribution in [0.2, 0.25) is 5.02 Å². The third-order valence-electron chi connectivity index (χ3n) is 8.95. The van der Waals surface area contributed by atoms with Crippen molar-refractivity contribution < 1.29 is 29.0 Å². The number of halogens is 1. The molecular formula is C29H39ClN2O6. The fourth-order valence-corrected chi connectivity index (χ4v) is 7.04. The summed E-state index contributed by atoms with van der Waals surface area (Å²) < 4.78 is 12.2. The third-order valence-corrected chi connectivity index (χ3v) is 9.21. The van der Waals surface area contributed by atoms with Crippen LogP contribution >= 0.6 is 11.6 Å². The number of amides is 2. The van der Waals surface area contributed by atoms with Crippen molar-refractivity contribution in [3.05, 3.63) is 41.9 Å². The van der Waals surface area contributed by atoms with Gasteiger partial charge in [0.15, 0.2) is 0 Å². The predicted molar refractivity (Wildman–Crippen MR) is 145 cm³/mol. The minimum absolute atomic E-state index is 0.0868. The SMILES string of the molecule is C=CCN(C(=O)C1N([C@@H](CO)[C@@H](C)CC)C(=O)[C@@H]2[C@H](C(=O)OCC)[C@]3(CC)CCC12O3)c1ccc(Cl)cc1. The van der Waals surface area contributed by atoms with E-state index in [1.54, 1.807) is 42.2 Å². The Morgan fingerprint density at radius 3 is 2.53 bits per heavy atom. The second-order valence-electron chi connectivity index (χ2n) is 10.7. The monoisotopic (exact) mass is 546 g/mol. The van der Waals surface area contributed by atoms with Gasteiger partial charge in [0.05, 0.1) is 30.8 Å². The zero-order valence-electron chi connectivity index (χ0n) is 22.7. The van der Waals surface area contributed by atoms with E-state index in [9.17, 15) is 19.5 Å². The van der Waals surface area contributed by atoms with Crippen molar-refractivity contribution in [2.24, 2.45) is 17.8 Å². The number of benzene rings is 1. The van der Waals surface area contributed by atoms with Gasteiger partial charge in [-0.3, -0.25) is 14.4 Å². The Labute approximate surface area is 229 Å². The van der Waals surface area contributed by atoms with E-state index in [0.717, 1.165) is 0 Å². The van der Waals surface area contributed by atoms with Crippen LogP contribution in [-0.2, 0) is 23.9 Å². The molecule has 3 saturated heterocycles. The minimum atomic E-state index is -1.20. The highest BCUT2D eigenvalue weighted by atomic mass is 35.5. The zero-order chi connectivity index (χ0) is 27.8. The average Bonchev–Trinajstić information content (AvgIpc) is 3.52. The maximum atomic E-state index is 14.6. The lowest BCUT2D eigenvalue weighted by molar-refractivity contribution is -0.162. The molecule has 8 nitrogen and oxygen atoms in total. The van der Waals surface area contributed by atoms with E-state index in [4.69, 9.17) is 21.1 Å². The standard InChI is InChI=1S/C29H39ClN2O6/c1-6-16-31(20-12-10-19(30)11-13-20)26(35)24-29-15-14-28(8-3,38-29)23(27(36)37-9-4)22(29)25(34)32(24)21(17-33)18(5)7-2/h6,10-13,18,21-24,33H,1,7-9,14-17H2,2-5H3/t18-,21-,22-,23+,24?,28-,29?/m0/s1. The number of esters is 1. The van der Waals surface area contributed by atoms with Crippen molar-refractivity contribution in [3.8, 4) is 0 Å². The van der Waals surface area contributed by atoms with E-state index < -0.39 is 41.1 Å². The number of nitrogens with zero attached hydrogens (tertiary/aromatic N) is 2. The van der Waals surface area contributed by atoms with Crippen molar-refractivity contribution in [1.29, 1.82) is 0 Å². The number of ether oxygens (including phenoxy) is 2. The van der Waals surface area contributed by atoms with Crippen LogP contribution in [0.5, 0.6) is 0 Å². The van der Waals surface area contributed by atoms with Crippen molar-refractivity contribution >= 4 is 35.1 Å². The molecule has 4 rings (SSSR count). The predicted octanol–water partition coefficient (Wildman–Crippen LogP) is 3.98. The van der Waals surface area contributed by atoms with Crippen LogP contribution in [0.1, 0.15) is 53.4 Å². The first-order chi connectivity index (χ1) is 18.2. The molecule has 3 aliphatic heterocycles. The van der Waals surface area contributed by atoms with E-state index in [-0.39, 0.29) is 37.5 Å². The first kappa shape index (κ1) is 28.6. The van der Waals surface area contributed by atoms with Crippen LogP contribution in [0.4, 0.5) is 5.69 Å². The quantitative estimate of drug-likeness (QED) is 0.333. The summed E-state index contributed by atoms with van der Waals surface area (Å²) in [6.45, 7) is 11.5. The molecule has 2 bridgehead atoms. The summed E-state index contributed by atoms with van der Waals surface area (Å²) in [5.74, 6) is -2.89. The van der Waals surface area contributed by atoms with Gasteiger partial charge in [-0.15, -0.1) is 6.58 Å². The number of aliphatic hydroxyl groups is 1. The van der Waals surface area contributed by atoms with Gasteiger partial charge in [-0.2, -0.15) is 0 Å². The van der Waals surface area contributed by atoms with Gasteiger partial charge < -0.3 is 24.4 Å². The van der Waals surface area contributed by atoms with Crippen LogP contribution in [-0.4, -0.2) is 70.8 Å². The molecule has 1 aromatic carbocycles. The molecule has 0 aromatic heterocycles. The molecule has 1 aromatic rings. The Balaban J connectivity index is 1.88. The maximum absolute atomic E-state index is 14.6. The number of carbonyl (C=O) groups excluding carboxylic acids is 3. The lowest BCUT2D eigenvalue weighted by atomic mass is 9.65. The zero-order valence-corrected chi connectivity index (χ0v) is 23.4.